The van der Waals surface area contributed by atoms with Crippen LogP contribution in [0.15, 0.2) is 108 Å². The Balaban J connectivity index is 1.32. The molecular formula is C34H29Zr. The number of fused-ring (bicyclic) bond motifs is 2. The molecule has 0 nitrogen and oxygen atoms in total. The van der Waals surface area contributed by atoms with E-state index in [0.717, 1.165) is 0 Å². The van der Waals surface area contributed by atoms with Gasteiger partial charge in [-0.3, -0.25) is 0 Å². The van der Waals surface area contributed by atoms with E-state index in [1.165, 1.54) is 62.1 Å². The van der Waals surface area contributed by atoms with Crippen LogP contribution < -0.4 is 0 Å². The molecule has 0 aliphatic heterocycles. The van der Waals surface area contributed by atoms with Crippen LogP contribution in [0.3, 0.4) is 0 Å². The summed E-state index contributed by atoms with van der Waals surface area (Å²) in [5.74, 6) is 1.02. The normalized spacial score (nSPS) is 19.0. The van der Waals surface area contributed by atoms with Crippen molar-refractivity contribution in [1.29, 1.82) is 0 Å². The second-order valence-electron chi connectivity index (χ2n) is 10.00. The van der Waals surface area contributed by atoms with Gasteiger partial charge in [-0.2, -0.15) is 0 Å². The maximum atomic E-state index is 2.46. The molecule has 169 valence electrons. The summed E-state index contributed by atoms with van der Waals surface area (Å²) >= 11 is 1.63. The summed E-state index contributed by atoms with van der Waals surface area (Å²) in [5, 5.41) is 0. The molecule has 0 aromatic heterocycles. The van der Waals surface area contributed by atoms with Crippen molar-refractivity contribution in [2.75, 3.05) is 0 Å². The quantitative estimate of drug-likeness (QED) is 0.242. The van der Waals surface area contributed by atoms with Gasteiger partial charge in [0, 0.05) is 0 Å². The Morgan fingerprint density at radius 1 is 0.600 bits per heavy atom. The van der Waals surface area contributed by atoms with Gasteiger partial charge in [0.1, 0.15) is 0 Å². The fourth-order valence-corrected chi connectivity index (χ4v) is 7.84. The Morgan fingerprint density at radius 2 is 1.11 bits per heavy atom. The molecule has 2 aliphatic rings. The van der Waals surface area contributed by atoms with E-state index < -0.39 is 0 Å². The van der Waals surface area contributed by atoms with Crippen LogP contribution in [-0.4, -0.2) is 0 Å². The molecule has 35 heavy (non-hydrogen) atoms. The molecule has 0 saturated carbocycles. The van der Waals surface area contributed by atoms with E-state index >= 15 is 0 Å². The minimum atomic E-state index is 0.507. The van der Waals surface area contributed by atoms with Crippen LogP contribution in [0.2, 0.25) is 3.63 Å². The molecule has 1 heteroatoms. The van der Waals surface area contributed by atoms with Crippen LogP contribution in [-0.2, 0) is 24.7 Å². The first-order valence-corrected chi connectivity index (χ1v) is 14.0. The summed E-state index contributed by atoms with van der Waals surface area (Å²) in [7, 11) is 0. The van der Waals surface area contributed by atoms with Crippen molar-refractivity contribution in [3.05, 3.63) is 130 Å². The van der Waals surface area contributed by atoms with Gasteiger partial charge in [0.15, 0.2) is 0 Å². The molecular weight excluding hydrogens is 500 g/mol. The Morgan fingerprint density at radius 3 is 1.71 bits per heavy atom. The molecule has 0 saturated heterocycles. The number of hydrogen-bond donors (Lipinski definition) is 0. The zero-order valence-electron chi connectivity index (χ0n) is 20.3. The average Bonchev–Trinajstić information content (AvgIpc) is 3.40. The molecule has 0 amide bonds. The van der Waals surface area contributed by atoms with E-state index in [1.807, 2.05) is 0 Å². The van der Waals surface area contributed by atoms with Gasteiger partial charge in [0.2, 0.25) is 0 Å². The van der Waals surface area contributed by atoms with Crippen LogP contribution in [0.1, 0.15) is 54.4 Å². The standard InChI is InChI=1S/C34H29.Zr/c1-23-21-33-29(25-11-5-3-6-12-25)15-9-17-31(33)27(23)19-20-28-24(2)22-34-30(16-10-18-32(28)34)26-13-7-4-8-14-26;/h3-19,21-22,27-28H,20H2,1-2H3;. The van der Waals surface area contributed by atoms with Crippen molar-refractivity contribution in [3.8, 4) is 22.3 Å². The summed E-state index contributed by atoms with van der Waals surface area (Å²) < 4.78 is 0.644. The van der Waals surface area contributed by atoms with Crippen molar-refractivity contribution in [2.24, 2.45) is 0 Å². The first-order chi connectivity index (χ1) is 17.1. The van der Waals surface area contributed by atoms with Gasteiger partial charge >= 0.3 is 225 Å². The molecule has 4 aromatic carbocycles. The predicted molar refractivity (Wildman–Crippen MR) is 145 cm³/mol. The maximum absolute atomic E-state index is 2.46. The van der Waals surface area contributed by atoms with E-state index in [0.29, 0.717) is 15.5 Å². The zero-order chi connectivity index (χ0) is 23.9. The van der Waals surface area contributed by atoms with Crippen LogP contribution >= 0.6 is 0 Å². The molecule has 0 fully saturated rings. The number of allylic oxidation sites excluding steroid dienone is 2. The van der Waals surface area contributed by atoms with Crippen molar-refractivity contribution < 1.29 is 24.7 Å². The van der Waals surface area contributed by atoms with Crippen molar-refractivity contribution in [2.45, 2.75) is 35.7 Å². The van der Waals surface area contributed by atoms with Crippen molar-refractivity contribution >= 4 is 12.2 Å². The second-order valence-corrected chi connectivity index (χ2v) is 11.8. The average molecular weight is 529 g/mol. The van der Waals surface area contributed by atoms with Crippen LogP contribution in [0.5, 0.6) is 0 Å². The molecule has 6 rings (SSSR count). The third-order valence-electron chi connectivity index (χ3n) is 7.84. The van der Waals surface area contributed by atoms with Crippen LogP contribution in [0.4, 0.5) is 0 Å². The van der Waals surface area contributed by atoms with Gasteiger partial charge in [-0.25, -0.2) is 0 Å². The SMILES string of the molecule is CC1=Cc2c(-c3ccccc3)cccc2C1C[CH]([Zr])C1C(C)=Cc2c(-c3ccccc3)cccc21. The third kappa shape index (κ3) is 4.05. The molecule has 0 bridgehead atoms. The minimum absolute atomic E-state index is 0.507. The Bertz CT molecular complexity index is 1440. The molecule has 0 spiro atoms. The topological polar surface area (TPSA) is 0 Å². The van der Waals surface area contributed by atoms with Gasteiger partial charge in [0.25, 0.3) is 0 Å². The summed E-state index contributed by atoms with van der Waals surface area (Å²) in [6.45, 7) is 4.68. The Kier molecular flexibility index (Phi) is 6.07. The van der Waals surface area contributed by atoms with Crippen LogP contribution in [0, 0.1) is 0 Å². The molecule has 0 heterocycles. The zero-order valence-corrected chi connectivity index (χ0v) is 22.8. The van der Waals surface area contributed by atoms with Crippen LogP contribution in [0.25, 0.3) is 34.4 Å². The molecule has 4 aromatic rings. The summed E-state index contributed by atoms with van der Waals surface area (Å²) in [6.07, 6.45) is 6.11. The first-order valence-electron chi connectivity index (χ1n) is 12.6. The van der Waals surface area contributed by atoms with Gasteiger partial charge in [-0.15, -0.1) is 0 Å². The monoisotopic (exact) mass is 527 g/mol. The molecule has 0 N–H and O–H groups in total. The molecule has 3 unspecified atom stereocenters. The third-order valence-corrected chi connectivity index (χ3v) is 9.23. The summed E-state index contributed by atoms with van der Waals surface area (Å²) in [6, 6.07) is 35.5. The predicted octanol–water partition coefficient (Wildman–Crippen LogP) is 9.45. The van der Waals surface area contributed by atoms with E-state index in [1.54, 1.807) is 24.7 Å². The van der Waals surface area contributed by atoms with Crippen molar-refractivity contribution in [3.63, 3.8) is 0 Å². The van der Waals surface area contributed by atoms with Crippen molar-refractivity contribution in [1.82, 2.24) is 0 Å². The van der Waals surface area contributed by atoms with E-state index in [2.05, 4.69) is 123 Å². The van der Waals surface area contributed by atoms with Gasteiger partial charge < -0.3 is 0 Å². The molecule has 3 atom stereocenters. The molecule has 0 radical (unpaired) electrons. The number of hydrogen-bond acceptors (Lipinski definition) is 0. The van der Waals surface area contributed by atoms with Gasteiger partial charge in [0.05, 0.1) is 0 Å². The van der Waals surface area contributed by atoms with E-state index in [4.69, 9.17) is 0 Å². The summed E-state index contributed by atoms with van der Waals surface area (Å²) in [4.78, 5) is 0. The number of benzene rings is 4. The van der Waals surface area contributed by atoms with Gasteiger partial charge in [-0.05, 0) is 0 Å². The van der Waals surface area contributed by atoms with E-state index in [9.17, 15) is 0 Å². The fraction of sp³-hybridized carbons (Fsp3) is 0.176. The Labute approximate surface area is 224 Å². The van der Waals surface area contributed by atoms with Gasteiger partial charge in [-0.1, -0.05) is 0 Å². The Hall–Kier alpha value is -2.76. The fourth-order valence-electron chi connectivity index (χ4n) is 6.18. The second kappa shape index (κ2) is 9.36. The number of rotatable bonds is 5. The summed E-state index contributed by atoms with van der Waals surface area (Å²) in [5.41, 5.74) is 14.3. The first kappa shape index (κ1) is 22.7. The molecule has 2 aliphatic carbocycles. The van der Waals surface area contributed by atoms with E-state index in [-0.39, 0.29) is 0 Å².